The molecule has 1 heterocycles. The highest BCUT2D eigenvalue weighted by Gasteiger charge is 2.05. The Balaban J connectivity index is 2.12. The molecule has 0 saturated heterocycles. The van der Waals surface area contributed by atoms with E-state index in [2.05, 4.69) is 20.9 Å². The normalized spacial score (nSPS) is 10.3. The van der Waals surface area contributed by atoms with E-state index in [0.717, 1.165) is 10.0 Å². The molecule has 0 aliphatic heterocycles. The second-order valence-electron chi connectivity index (χ2n) is 3.32. The van der Waals surface area contributed by atoms with E-state index >= 15 is 0 Å². The summed E-state index contributed by atoms with van der Waals surface area (Å²) >= 11 is 15.3. The van der Waals surface area contributed by atoms with Crippen LogP contribution in [-0.2, 0) is 6.61 Å². The zero-order valence-corrected chi connectivity index (χ0v) is 11.8. The molecule has 2 rings (SSSR count). The number of hydrogen-bond acceptors (Lipinski definition) is 2. The zero-order chi connectivity index (χ0) is 12.3. The van der Waals surface area contributed by atoms with Gasteiger partial charge in [0.05, 0.1) is 5.02 Å². The minimum atomic E-state index is 0.336. The minimum Gasteiger partial charge on any atom is -0.487 e. The van der Waals surface area contributed by atoms with Gasteiger partial charge in [-0.05, 0) is 24.3 Å². The van der Waals surface area contributed by atoms with Gasteiger partial charge in [0.2, 0.25) is 0 Å². The van der Waals surface area contributed by atoms with Crippen LogP contribution in [0.5, 0.6) is 5.75 Å². The number of aromatic nitrogens is 1. The molecule has 2 aromatic rings. The molecule has 0 atom stereocenters. The topological polar surface area (TPSA) is 22.1 Å². The number of benzene rings is 1. The van der Waals surface area contributed by atoms with Gasteiger partial charge in [0, 0.05) is 16.2 Å². The van der Waals surface area contributed by atoms with E-state index in [-0.39, 0.29) is 0 Å². The van der Waals surface area contributed by atoms with Crippen LogP contribution in [0.3, 0.4) is 0 Å². The van der Waals surface area contributed by atoms with Crippen molar-refractivity contribution in [3.05, 3.63) is 56.7 Å². The van der Waals surface area contributed by atoms with Crippen molar-refractivity contribution >= 4 is 39.1 Å². The summed E-state index contributed by atoms with van der Waals surface area (Å²) in [5.41, 5.74) is 0.824. The Kier molecular flexibility index (Phi) is 4.26. The molecule has 0 fully saturated rings. The number of pyridine rings is 1. The Labute approximate surface area is 118 Å². The molecule has 0 unspecified atom stereocenters. The summed E-state index contributed by atoms with van der Waals surface area (Å²) in [6, 6.07) is 9.11. The number of halogens is 3. The molecule has 0 amide bonds. The van der Waals surface area contributed by atoms with E-state index in [1.807, 2.05) is 24.3 Å². The first kappa shape index (κ1) is 12.7. The lowest BCUT2D eigenvalue weighted by Crippen LogP contribution is -1.97. The van der Waals surface area contributed by atoms with Crippen molar-refractivity contribution in [3.8, 4) is 5.75 Å². The smallest absolute Gasteiger partial charge is 0.139 e. The Bertz CT molecular complexity index is 534. The Morgan fingerprint density at radius 2 is 2.06 bits per heavy atom. The van der Waals surface area contributed by atoms with Gasteiger partial charge in [-0.15, -0.1) is 0 Å². The van der Waals surface area contributed by atoms with E-state index in [0.29, 0.717) is 22.5 Å². The van der Waals surface area contributed by atoms with Gasteiger partial charge in [-0.3, -0.25) is 0 Å². The van der Waals surface area contributed by atoms with Crippen LogP contribution in [0.4, 0.5) is 0 Å². The number of hydrogen-bond donors (Lipinski definition) is 0. The fourth-order valence-electron chi connectivity index (χ4n) is 1.27. The highest BCUT2D eigenvalue weighted by atomic mass is 79.9. The molecule has 5 heteroatoms. The largest absolute Gasteiger partial charge is 0.487 e. The number of rotatable bonds is 3. The minimum absolute atomic E-state index is 0.336. The average molecular weight is 333 g/mol. The van der Waals surface area contributed by atoms with E-state index in [4.69, 9.17) is 27.9 Å². The van der Waals surface area contributed by atoms with Gasteiger partial charge >= 0.3 is 0 Å². The molecular weight excluding hydrogens is 325 g/mol. The Morgan fingerprint density at radius 1 is 1.24 bits per heavy atom. The third-order valence-corrected chi connectivity index (χ3v) is 3.26. The second kappa shape index (κ2) is 5.71. The lowest BCUT2D eigenvalue weighted by Gasteiger charge is -2.09. The summed E-state index contributed by atoms with van der Waals surface area (Å²) in [4.78, 5) is 3.97. The van der Waals surface area contributed by atoms with Crippen LogP contribution in [0, 0.1) is 0 Å². The summed E-state index contributed by atoms with van der Waals surface area (Å²) in [5.74, 6) is 0.612. The molecule has 0 N–H and O–H groups in total. The summed E-state index contributed by atoms with van der Waals surface area (Å²) in [7, 11) is 0. The van der Waals surface area contributed by atoms with Crippen molar-refractivity contribution in [3.63, 3.8) is 0 Å². The lowest BCUT2D eigenvalue weighted by molar-refractivity contribution is 0.306. The van der Waals surface area contributed by atoms with Crippen molar-refractivity contribution in [2.45, 2.75) is 6.61 Å². The predicted molar refractivity (Wildman–Crippen MR) is 72.7 cm³/mol. The maximum Gasteiger partial charge on any atom is 0.139 e. The molecule has 0 bridgehead atoms. The maximum atomic E-state index is 6.01. The molecule has 1 aromatic carbocycles. The first-order valence-electron chi connectivity index (χ1n) is 4.84. The van der Waals surface area contributed by atoms with E-state index in [1.165, 1.54) is 0 Å². The first-order chi connectivity index (χ1) is 8.16. The van der Waals surface area contributed by atoms with Crippen LogP contribution in [0.25, 0.3) is 0 Å². The maximum absolute atomic E-state index is 6.01. The molecule has 88 valence electrons. The first-order valence-corrected chi connectivity index (χ1v) is 6.39. The van der Waals surface area contributed by atoms with Crippen LogP contribution in [-0.4, -0.2) is 4.98 Å². The molecule has 0 aliphatic rings. The Morgan fingerprint density at radius 3 is 2.82 bits per heavy atom. The molecule has 2 nitrogen and oxygen atoms in total. The third kappa shape index (κ3) is 3.35. The van der Waals surface area contributed by atoms with Crippen LogP contribution >= 0.6 is 39.1 Å². The van der Waals surface area contributed by atoms with Crippen molar-refractivity contribution in [2.75, 3.05) is 0 Å². The molecule has 0 radical (unpaired) electrons. The number of ether oxygens (including phenoxy) is 1. The quantitative estimate of drug-likeness (QED) is 0.758. The standard InChI is InChI=1S/C12H8BrCl2NO/c13-9-3-4-10(14)11(6-9)17-7-8-2-1-5-16-12(8)15/h1-6H,7H2. The second-order valence-corrected chi connectivity index (χ2v) is 5.00. The van der Waals surface area contributed by atoms with Gasteiger partial charge in [-0.1, -0.05) is 45.2 Å². The van der Waals surface area contributed by atoms with Crippen molar-refractivity contribution in [1.29, 1.82) is 0 Å². The van der Waals surface area contributed by atoms with E-state index in [1.54, 1.807) is 12.3 Å². The highest BCUT2D eigenvalue weighted by Crippen LogP contribution is 2.29. The van der Waals surface area contributed by atoms with E-state index in [9.17, 15) is 0 Å². The fourth-order valence-corrected chi connectivity index (χ4v) is 1.96. The summed E-state index contributed by atoms with van der Waals surface area (Å²) in [6.45, 7) is 0.336. The van der Waals surface area contributed by atoms with Gasteiger partial charge in [0.15, 0.2) is 0 Å². The Hall–Kier alpha value is -0.770. The molecule has 0 spiro atoms. The number of nitrogens with zero attached hydrogens (tertiary/aromatic N) is 1. The van der Waals surface area contributed by atoms with Crippen LogP contribution in [0.15, 0.2) is 41.0 Å². The molecule has 0 aliphatic carbocycles. The molecular formula is C12H8BrCl2NO. The summed E-state index contributed by atoms with van der Waals surface area (Å²) in [6.07, 6.45) is 1.64. The highest BCUT2D eigenvalue weighted by molar-refractivity contribution is 9.10. The zero-order valence-electron chi connectivity index (χ0n) is 8.66. The SMILES string of the molecule is Clc1ccc(Br)cc1OCc1cccnc1Cl. The molecule has 17 heavy (non-hydrogen) atoms. The monoisotopic (exact) mass is 331 g/mol. The molecule has 1 aromatic heterocycles. The van der Waals surface area contributed by atoms with Crippen molar-refractivity contribution in [2.24, 2.45) is 0 Å². The van der Waals surface area contributed by atoms with Gasteiger partial charge in [-0.2, -0.15) is 0 Å². The van der Waals surface area contributed by atoms with Gasteiger partial charge in [0.25, 0.3) is 0 Å². The molecule has 0 saturated carbocycles. The lowest BCUT2D eigenvalue weighted by atomic mass is 10.3. The van der Waals surface area contributed by atoms with E-state index < -0.39 is 0 Å². The van der Waals surface area contributed by atoms with Crippen molar-refractivity contribution < 1.29 is 4.74 Å². The van der Waals surface area contributed by atoms with Gasteiger partial charge in [-0.25, -0.2) is 4.98 Å². The van der Waals surface area contributed by atoms with Gasteiger partial charge in [0.1, 0.15) is 17.5 Å². The van der Waals surface area contributed by atoms with Crippen LogP contribution in [0.1, 0.15) is 5.56 Å². The van der Waals surface area contributed by atoms with Gasteiger partial charge < -0.3 is 4.74 Å². The average Bonchev–Trinajstić information content (AvgIpc) is 2.32. The summed E-state index contributed by atoms with van der Waals surface area (Å²) < 4.78 is 6.51. The van der Waals surface area contributed by atoms with Crippen LogP contribution < -0.4 is 4.74 Å². The third-order valence-electron chi connectivity index (χ3n) is 2.11. The van der Waals surface area contributed by atoms with Crippen LogP contribution in [0.2, 0.25) is 10.2 Å². The summed E-state index contributed by atoms with van der Waals surface area (Å²) in [5, 5.41) is 1.01. The van der Waals surface area contributed by atoms with Crippen molar-refractivity contribution in [1.82, 2.24) is 4.98 Å². The predicted octanol–water partition coefficient (Wildman–Crippen LogP) is 4.73. The fraction of sp³-hybridized carbons (Fsp3) is 0.0833.